The standard InChI is InChI=1S/C42H63FN4O11/c1-11-31-42(9)34(47(39(52)58-42)17-14-13-16-46-21-30(45-23-46)28-15-18-54-22-28)26(5)32(48)24(3)20-40(7,53-10)36(27(6)35(50)41(8,43)38(51)56-31)57-37-33(49)29(44-12-2)19-25(4)55-37/h15,18,21-27,29,31,33-34,36-37,44,49H,11-14,16-17,19-20H2,1-10H3/t24-,25-,26+,27+,29+,31-,33+,34?,36-,37+,40-,41+,42-/m1/s1. The number of cyclic esters (lactones) is 1. The molecule has 0 aromatic carbocycles. The van der Waals surface area contributed by atoms with Gasteiger partial charge in [0.25, 0.3) is 5.67 Å². The van der Waals surface area contributed by atoms with Crippen LogP contribution in [0, 0.1) is 17.8 Å². The fourth-order valence-electron chi connectivity index (χ4n) is 9.31. The molecule has 3 aliphatic rings. The number of Topliss-reactive ketones (excluding diaryl/α,β-unsaturated/α-hetero) is 2. The van der Waals surface area contributed by atoms with Crippen molar-refractivity contribution < 1.29 is 56.8 Å². The van der Waals surface area contributed by atoms with Crippen molar-refractivity contribution in [3.05, 3.63) is 31.1 Å². The molecule has 0 saturated carbocycles. The van der Waals surface area contributed by atoms with E-state index in [-0.39, 0.29) is 31.3 Å². The van der Waals surface area contributed by atoms with Crippen molar-refractivity contribution in [2.45, 2.75) is 161 Å². The summed E-state index contributed by atoms with van der Waals surface area (Å²) in [4.78, 5) is 62.5. The molecule has 1 amide bonds. The third kappa shape index (κ3) is 9.05. The molecule has 58 heavy (non-hydrogen) atoms. The number of ether oxygens (including phenoxy) is 5. The number of aliphatic hydroxyl groups is 1. The molecule has 16 heteroatoms. The molecule has 5 rings (SSSR count). The maximum atomic E-state index is 16.9. The number of furan rings is 1. The number of carbonyl (C=O) groups excluding carboxylic acids is 4. The van der Waals surface area contributed by atoms with Gasteiger partial charge >= 0.3 is 12.1 Å². The van der Waals surface area contributed by atoms with Crippen LogP contribution in [0.25, 0.3) is 11.3 Å². The summed E-state index contributed by atoms with van der Waals surface area (Å²) in [6, 6.07) is 0.505. The Balaban J connectivity index is 1.46. The van der Waals surface area contributed by atoms with Crippen molar-refractivity contribution in [3.63, 3.8) is 0 Å². The van der Waals surface area contributed by atoms with Crippen LogP contribution in [0.3, 0.4) is 0 Å². The Hall–Kier alpha value is -3.70. The predicted molar refractivity (Wildman–Crippen MR) is 209 cm³/mol. The minimum atomic E-state index is -3.18. The van der Waals surface area contributed by atoms with Crippen LogP contribution >= 0.6 is 0 Å². The van der Waals surface area contributed by atoms with Crippen molar-refractivity contribution in [2.75, 3.05) is 20.2 Å². The summed E-state index contributed by atoms with van der Waals surface area (Å²) < 4.78 is 54.5. The van der Waals surface area contributed by atoms with Gasteiger partial charge in [-0.2, -0.15) is 0 Å². The van der Waals surface area contributed by atoms with E-state index in [4.69, 9.17) is 28.1 Å². The van der Waals surface area contributed by atoms with E-state index in [1.54, 1.807) is 53.5 Å². The van der Waals surface area contributed by atoms with E-state index in [2.05, 4.69) is 10.3 Å². The molecule has 0 aliphatic carbocycles. The Morgan fingerprint density at radius 3 is 2.40 bits per heavy atom. The number of ketones is 2. The number of unbranched alkanes of at least 4 members (excludes halogenated alkanes) is 1. The summed E-state index contributed by atoms with van der Waals surface area (Å²) in [5, 5.41) is 14.6. The molecule has 2 aromatic heterocycles. The van der Waals surface area contributed by atoms with Crippen molar-refractivity contribution in [2.24, 2.45) is 17.8 Å². The molecule has 2 aromatic rings. The number of nitrogens with zero attached hydrogens (tertiary/aromatic N) is 3. The lowest BCUT2D eigenvalue weighted by Crippen LogP contribution is -2.62. The number of imidazole rings is 1. The Kier molecular flexibility index (Phi) is 14.3. The van der Waals surface area contributed by atoms with E-state index in [1.807, 2.05) is 30.7 Å². The summed E-state index contributed by atoms with van der Waals surface area (Å²) in [5.41, 5.74) is -4.59. The van der Waals surface area contributed by atoms with Crippen molar-refractivity contribution in [3.8, 4) is 11.3 Å². The lowest BCUT2D eigenvalue weighted by molar-refractivity contribution is -0.290. The van der Waals surface area contributed by atoms with E-state index in [0.29, 0.717) is 32.4 Å². The molecule has 2 N–H and O–H groups in total. The van der Waals surface area contributed by atoms with Crippen LogP contribution in [0.4, 0.5) is 9.18 Å². The second kappa shape index (κ2) is 18.3. The number of halogens is 1. The highest BCUT2D eigenvalue weighted by Gasteiger charge is 2.61. The van der Waals surface area contributed by atoms with Crippen LogP contribution in [0.15, 0.2) is 35.5 Å². The summed E-state index contributed by atoms with van der Waals surface area (Å²) in [6.07, 6.45) is 2.62. The van der Waals surface area contributed by atoms with E-state index in [1.165, 1.54) is 18.9 Å². The number of rotatable bonds is 12. The molecule has 1 unspecified atom stereocenters. The maximum absolute atomic E-state index is 16.9. The molecular weight excluding hydrogens is 755 g/mol. The number of aryl methyl sites for hydroxylation is 1. The van der Waals surface area contributed by atoms with Gasteiger partial charge in [0.15, 0.2) is 17.7 Å². The average molecular weight is 819 g/mol. The maximum Gasteiger partial charge on any atom is 0.410 e. The second-order valence-corrected chi connectivity index (χ2v) is 16.9. The number of aromatic nitrogens is 2. The molecular formula is C42H63FN4O11. The van der Waals surface area contributed by atoms with Gasteiger partial charge in [0.2, 0.25) is 0 Å². The number of aliphatic hydroxyl groups excluding tert-OH is 1. The van der Waals surface area contributed by atoms with Gasteiger partial charge in [-0.05, 0) is 72.4 Å². The van der Waals surface area contributed by atoms with Crippen molar-refractivity contribution in [1.82, 2.24) is 19.8 Å². The van der Waals surface area contributed by atoms with Gasteiger partial charge in [-0.25, -0.2) is 19.0 Å². The lowest BCUT2D eigenvalue weighted by atomic mass is 9.73. The van der Waals surface area contributed by atoms with Crippen molar-refractivity contribution in [1.29, 1.82) is 0 Å². The zero-order valence-corrected chi connectivity index (χ0v) is 35.6. The highest BCUT2D eigenvalue weighted by atomic mass is 19.1. The fraction of sp³-hybridized carbons (Fsp3) is 0.738. The minimum Gasteiger partial charge on any atom is -0.472 e. The topological polar surface area (TPSA) is 181 Å². The summed E-state index contributed by atoms with van der Waals surface area (Å²) >= 11 is 0. The number of carbonyl (C=O) groups is 4. The number of hydrogen-bond donors (Lipinski definition) is 2. The first-order valence-corrected chi connectivity index (χ1v) is 20.6. The van der Waals surface area contributed by atoms with Crippen molar-refractivity contribution >= 4 is 23.6 Å². The molecule has 3 aliphatic heterocycles. The number of esters is 1. The first-order valence-electron chi connectivity index (χ1n) is 20.6. The third-order valence-electron chi connectivity index (χ3n) is 12.5. The number of likely N-dealkylation sites (N-methyl/N-ethyl adjacent to an activating group) is 1. The molecule has 3 saturated heterocycles. The van der Waals surface area contributed by atoms with E-state index < -0.39 is 89.2 Å². The van der Waals surface area contributed by atoms with Crippen LogP contribution in [0.2, 0.25) is 0 Å². The first-order chi connectivity index (χ1) is 27.3. The zero-order chi connectivity index (χ0) is 42.7. The number of amides is 1. The number of fused-ring (bicyclic) bond motifs is 1. The van der Waals surface area contributed by atoms with Gasteiger partial charge in [-0.1, -0.05) is 34.6 Å². The fourth-order valence-corrected chi connectivity index (χ4v) is 9.31. The Labute approximate surface area is 340 Å². The largest absolute Gasteiger partial charge is 0.472 e. The molecule has 3 fully saturated rings. The Bertz CT molecular complexity index is 1740. The van der Waals surface area contributed by atoms with Crippen LogP contribution < -0.4 is 5.32 Å². The number of alkyl halides is 1. The normalized spacial score (nSPS) is 38.0. The van der Waals surface area contributed by atoms with Gasteiger partial charge in [-0.15, -0.1) is 0 Å². The van der Waals surface area contributed by atoms with Gasteiger partial charge in [-0.3, -0.25) is 9.59 Å². The molecule has 0 radical (unpaired) electrons. The lowest BCUT2D eigenvalue weighted by Gasteiger charge is -2.46. The molecule has 5 heterocycles. The van der Waals surface area contributed by atoms with E-state index in [0.717, 1.165) is 18.2 Å². The molecule has 15 nitrogen and oxygen atoms in total. The number of nitrogens with one attached hydrogen (secondary N) is 1. The summed E-state index contributed by atoms with van der Waals surface area (Å²) in [6.45, 7) is 15.8. The summed E-state index contributed by atoms with van der Waals surface area (Å²) in [5.74, 6) is -5.78. The zero-order valence-electron chi connectivity index (χ0n) is 35.6. The molecule has 0 bridgehead atoms. The third-order valence-corrected chi connectivity index (χ3v) is 12.5. The monoisotopic (exact) mass is 818 g/mol. The van der Waals surface area contributed by atoms with Gasteiger partial charge in [0.05, 0.1) is 48.4 Å². The Morgan fingerprint density at radius 2 is 1.76 bits per heavy atom. The minimum absolute atomic E-state index is 0.00142. The van der Waals surface area contributed by atoms with Gasteiger partial charge in [0, 0.05) is 55.8 Å². The van der Waals surface area contributed by atoms with E-state index >= 15 is 4.39 Å². The molecule has 0 spiro atoms. The molecule has 324 valence electrons. The molecule has 13 atom stereocenters. The highest BCUT2D eigenvalue weighted by molar-refractivity contribution is 6.08. The van der Waals surface area contributed by atoms with Crippen LogP contribution in [0.5, 0.6) is 0 Å². The van der Waals surface area contributed by atoms with Gasteiger partial charge in [0.1, 0.15) is 18.0 Å². The predicted octanol–water partition coefficient (Wildman–Crippen LogP) is 5.27. The van der Waals surface area contributed by atoms with Gasteiger partial charge < -0.3 is 48.0 Å². The quantitative estimate of drug-likeness (QED) is 0.161. The second-order valence-electron chi connectivity index (χ2n) is 16.9. The van der Waals surface area contributed by atoms with Crippen LogP contribution in [-0.2, 0) is 44.6 Å². The SMILES string of the molecule is CCN[C@H]1C[C@@H](C)O[C@@H](O[C@@H]2[C@@H](C)C(=O)[C@](C)(F)C(=O)O[C@H](CC)[C@@]3(C)OC(=O)N(CCCCn4cnc(-c5ccoc5)c4)C3[C@@H](C)C(=O)[C@H](C)C[C@@]2(C)OC)[C@H]1O. The summed E-state index contributed by atoms with van der Waals surface area (Å²) in [7, 11) is 1.40. The Morgan fingerprint density at radius 1 is 1.05 bits per heavy atom. The number of hydrogen-bond acceptors (Lipinski definition) is 13. The smallest absolute Gasteiger partial charge is 0.410 e. The highest BCUT2D eigenvalue weighted by Crippen LogP contribution is 2.43. The first kappa shape index (κ1) is 45.4. The average Bonchev–Trinajstić information content (AvgIpc) is 3.94. The number of methoxy groups -OCH3 is 1. The van der Waals surface area contributed by atoms with Crippen LogP contribution in [0.1, 0.15) is 94.4 Å². The van der Waals surface area contributed by atoms with E-state index in [9.17, 15) is 24.3 Å². The van der Waals surface area contributed by atoms with Crippen LogP contribution in [-0.4, -0.2) is 123 Å².